The third-order valence-electron chi connectivity index (χ3n) is 3.44. The Balaban J connectivity index is 2.19. The van der Waals surface area contributed by atoms with Gasteiger partial charge >= 0.3 is 0 Å². The predicted octanol–water partition coefficient (Wildman–Crippen LogP) is 1.88. The number of aliphatic hydroxyl groups excluding tert-OH is 1. The second-order valence-electron chi connectivity index (χ2n) is 4.23. The summed E-state index contributed by atoms with van der Waals surface area (Å²) in [4.78, 5) is 0. The molecule has 0 amide bonds. The van der Waals surface area contributed by atoms with E-state index >= 15 is 0 Å². The van der Waals surface area contributed by atoms with Crippen LogP contribution in [-0.4, -0.2) is 17.8 Å². The molecule has 0 radical (unpaired) electrons. The van der Waals surface area contributed by atoms with Crippen LogP contribution in [0, 0.1) is 0 Å². The highest BCUT2D eigenvalue weighted by Gasteiger charge is 2.35. The lowest BCUT2D eigenvalue weighted by atomic mass is 9.69. The molecule has 0 saturated heterocycles. The number of hydrogen-bond acceptors (Lipinski definition) is 3. The summed E-state index contributed by atoms with van der Waals surface area (Å²) in [5.41, 5.74) is 7.42. The summed E-state index contributed by atoms with van der Waals surface area (Å²) < 4.78 is 0. The van der Waals surface area contributed by atoms with Crippen LogP contribution in [-0.2, 0) is 5.41 Å². The Morgan fingerprint density at radius 1 is 1.50 bits per heavy atom. The predicted molar refractivity (Wildman–Crippen MR) is 59.5 cm³/mol. The van der Waals surface area contributed by atoms with E-state index in [4.69, 9.17) is 5.73 Å². The number of hydrogen-bond donors (Lipinski definition) is 2. The van der Waals surface area contributed by atoms with Gasteiger partial charge in [0.1, 0.15) is 0 Å². The highest BCUT2D eigenvalue weighted by Crippen LogP contribution is 2.39. The molecule has 14 heavy (non-hydrogen) atoms. The van der Waals surface area contributed by atoms with Crippen LogP contribution < -0.4 is 5.73 Å². The average Bonchev–Trinajstić information content (AvgIpc) is 2.73. The van der Waals surface area contributed by atoms with Crippen LogP contribution >= 0.6 is 11.3 Å². The normalized spacial score (nSPS) is 33.1. The van der Waals surface area contributed by atoms with Crippen LogP contribution in [0.2, 0.25) is 0 Å². The van der Waals surface area contributed by atoms with Gasteiger partial charge in [-0.15, -0.1) is 0 Å². The molecule has 1 aromatic rings. The monoisotopic (exact) mass is 211 g/mol. The maximum Gasteiger partial charge on any atom is 0.0541 e. The van der Waals surface area contributed by atoms with Gasteiger partial charge in [-0.1, -0.05) is 0 Å². The Hall–Kier alpha value is -0.380. The second kappa shape index (κ2) is 4.01. The van der Waals surface area contributed by atoms with E-state index in [-0.39, 0.29) is 11.5 Å². The molecule has 3 heteroatoms. The molecule has 1 aromatic heterocycles. The van der Waals surface area contributed by atoms with E-state index in [0.717, 1.165) is 25.7 Å². The minimum Gasteiger partial charge on any atom is -0.393 e. The zero-order chi connectivity index (χ0) is 10.0. The number of aliphatic hydroxyl groups is 1. The first kappa shape index (κ1) is 10.1. The molecule has 0 aliphatic heterocycles. The summed E-state index contributed by atoms with van der Waals surface area (Å²) in [7, 11) is 0. The van der Waals surface area contributed by atoms with Crippen LogP contribution in [0.15, 0.2) is 16.8 Å². The van der Waals surface area contributed by atoms with Crippen molar-refractivity contribution in [1.29, 1.82) is 0 Å². The molecular weight excluding hydrogens is 194 g/mol. The lowest BCUT2D eigenvalue weighted by Gasteiger charge is -2.37. The molecule has 0 atom stereocenters. The summed E-state index contributed by atoms with van der Waals surface area (Å²) in [6, 6.07) is 2.18. The van der Waals surface area contributed by atoms with Crippen molar-refractivity contribution in [3.05, 3.63) is 22.4 Å². The highest BCUT2D eigenvalue weighted by molar-refractivity contribution is 7.08. The van der Waals surface area contributed by atoms with E-state index in [2.05, 4.69) is 16.8 Å². The Morgan fingerprint density at radius 2 is 2.21 bits per heavy atom. The maximum absolute atomic E-state index is 9.50. The Morgan fingerprint density at radius 3 is 2.71 bits per heavy atom. The lowest BCUT2D eigenvalue weighted by molar-refractivity contribution is 0.0976. The van der Waals surface area contributed by atoms with Crippen molar-refractivity contribution in [2.75, 3.05) is 6.54 Å². The van der Waals surface area contributed by atoms with Crippen LogP contribution in [0.25, 0.3) is 0 Å². The van der Waals surface area contributed by atoms with Gasteiger partial charge in [0.2, 0.25) is 0 Å². The molecule has 0 unspecified atom stereocenters. The van der Waals surface area contributed by atoms with Gasteiger partial charge in [-0.3, -0.25) is 0 Å². The van der Waals surface area contributed by atoms with Gasteiger partial charge in [0.15, 0.2) is 0 Å². The van der Waals surface area contributed by atoms with Crippen molar-refractivity contribution in [1.82, 2.24) is 0 Å². The number of rotatable bonds is 2. The molecule has 0 spiro atoms. The second-order valence-corrected chi connectivity index (χ2v) is 5.01. The standard InChI is InChI=1S/C11H17NOS/c12-8-11(9-3-6-14-7-9)4-1-10(13)2-5-11/h3,6-7,10,13H,1-2,4-5,8,12H2. The molecule has 2 rings (SSSR count). The fourth-order valence-electron chi connectivity index (χ4n) is 2.33. The first-order valence-electron chi connectivity index (χ1n) is 5.18. The van der Waals surface area contributed by atoms with Crippen molar-refractivity contribution >= 4 is 11.3 Å². The maximum atomic E-state index is 9.50. The minimum atomic E-state index is -0.103. The smallest absolute Gasteiger partial charge is 0.0541 e. The summed E-state index contributed by atoms with van der Waals surface area (Å²) in [5, 5.41) is 13.8. The molecule has 78 valence electrons. The van der Waals surface area contributed by atoms with E-state index in [1.807, 2.05) is 0 Å². The molecule has 1 aliphatic rings. The SMILES string of the molecule is NCC1(c2ccsc2)CCC(O)CC1. The van der Waals surface area contributed by atoms with E-state index in [0.29, 0.717) is 6.54 Å². The van der Waals surface area contributed by atoms with E-state index in [1.54, 1.807) is 11.3 Å². The number of thiophene rings is 1. The zero-order valence-corrected chi connectivity index (χ0v) is 9.09. The van der Waals surface area contributed by atoms with E-state index in [1.165, 1.54) is 5.56 Å². The van der Waals surface area contributed by atoms with Gasteiger partial charge in [-0.25, -0.2) is 0 Å². The van der Waals surface area contributed by atoms with Crippen molar-refractivity contribution in [2.24, 2.45) is 5.73 Å². The molecule has 3 N–H and O–H groups in total. The van der Waals surface area contributed by atoms with Crippen molar-refractivity contribution in [3.8, 4) is 0 Å². The van der Waals surface area contributed by atoms with Crippen LogP contribution in [0.3, 0.4) is 0 Å². The lowest BCUT2D eigenvalue weighted by Crippen LogP contribution is -2.39. The fraction of sp³-hybridized carbons (Fsp3) is 0.636. The third-order valence-corrected chi connectivity index (χ3v) is 4.12. The summed E-state index contributed by atoms with van der Waals surface area (Å²) >= 11 is 1.73. The zero-order valence-electron chi connectivity index (χ0n) is 8.28. The summed E-state index contributed by atoms with van der Waals surface area (Å²) in [6.07, 6.45) is 3.75. The van der Waals surface area contributed by atoms with Crippen molar-refractivity contribution in [3.63, 3.8) is 0 Å². The Kier molecular flexibility index (Phi) is 2.91. The molecule has 1 aliphatic carbocycles. The van der Waals surface area contributed by atoms with E-state index in [9.17, 15) is 5.11 Å². The molecule has 2 nitrogen and oxygen atoms in total. The molecule has 0 aromatic carbocycles. The summed E-state index contributed by atoms with van der Waals surface area (Å²) in [6.45, 7) is 0.705. The number of nitrogens with two attached hydrogens (primary N) is 1. The van der Waals surface area contributed by atoms with Crippen molar-refractivity contribution < 1.29 is 5.11 Å². The van der Waals surface area contributed by atoms with Gasteiger partial charge < -0.3 is 10.8 Å². The van der Waals surface area contributed by atoms with Gasteiger partial charge in [0.05, 0.1) is 6.10 Å². The van der Waals surface area contributed by atoms with Crippen LogP contribution in [0.1, 0.15) is 31.2 Å². The Bertz CT molecular complexity index is 275. The highest BCUT2D eigenvalue weighted by atomic mass is 32.1. The summed E-state index contributed by atoms with van der Waals surface area (Å²) in [5.74, 6) is 0. The first-order chi connectivity index (χ1) is 6.77. The topological polar surface area (TPSA) is 46.2 Å². The molecule has 0 bridgehead atoms. The molecule has 1 fully saturated rings. The molecule has 1 saturated carbocycles. The van der Waals surface area contributed by atoms with Crippen LogP contribution in [0.4, 0.5) is 0 Å². The van der Waals surface area contributed by atoms with Crippen LogP contribution in [0.5, 0.6) is 0 Å². The van der Waals surface area contributed by atoms with Gasteiger partial charge in [0.25, 0.3) is 0 Å². The minimum absolute atomic E-state index is 0.103. The fourth-order valence-corrected chi connectivity index (χ4v) is 3.11. The molecular formula is C11H17NOS. The van der Waals surface area contributed by atoms with Gasteiger partial charge in [-0.05, 0) is 48.1 Å². The van der Waals surface area contributed by atoms with Gasteiger partial charge in [-0.2, -0.15) is 11.3 Å². The third kappa shape index (κ3) is 1.72. The largest absolute Gasteiger partial charge is 0.393 e. The van der Waals surface area contributed by atoms with Crippen molar-refractivity contribution in [2.45, 2.75) is 37.2 Å². The van der Waals surface area contributed by atoms with Gasteiger partial charge in [0, 0.05) is 12.0 Å². The Labute approximate surface area is 88.8 Å². The van der Waals surface area contributed by atoms with E-state index < -0.39 is 0 Å². The quantitative estimate of drug-likeness (QED) is 0.784. The molecule has 1 heterocycles. The first-order valence-corrected chi connectivity index (χ1v) is 6.12. The average molecular weight is 211 g/mol.